The van der Waals surface area contributed by atoms with Crippen molar-refractivity contribution in [2.75, 3.05) is 10.6 Å². The van der Waals surface area contributed by atoms with Crippen molar-refractivity contribution in [3.8, 4) is 0 Å². The van der Waals surface area contributed by atoms with Gasteiger partial charge in [0.25, 0.3) is 0 Å². The maximum Gasteiger partial charge on any atom is 0.243 e. The number of nitrogens with zero attached hydrogens (tertiary/aromatic N) is 1. The molecule has 0 fully saturated rings. The maximum atomic E-state index is 12.4. The zero-order valence-corrected chi connectivity index (χ0v) is 14.9. The summed E-state index contributed by atoms with van der Waals surface area (Å²) < 4.78 is 25.5. The molecule has 22 heavy (non-hydrogen) atoms. The molecule has 1 amide bonds. The summed E-state index contributed by atoms with van der Waals surface area (Å²) >= 11 is 0. The molecule has 2 atom stereocenters. The van der Waals surface area contributed by atoms with Crippen molar-refractivity contribution < 1.29 is 13.2 Å². The lowest BCUT2D eigenvalue weighted by molar-refractivity contribution is -0.122. The molecule has 0 aromatic heterocycles. The van der Waals surface area contributed by atoms with Gasteiger partial charge in [-0.15, -0.1) is 0 Å². The van der Waals surface area contributed by atoms with Gasteiger partial charge in [-0.25, -0.2) is 8.42 Å². The fourth-order valence-electron chi connectivity index (χ4n) is 2.09. The number of sulfonamides is 1. The number of hydrogen-bond donors (Lipinski definition) is 1. The van der Waals surface area contributed by atoms with Crippen LogP contribution in [0.4, 0.5) is 5.69 Å². The Hall–Kier alpha value is -1.56. The lowest BCUT2D eigenvalue weighted by atomic mass is 10.1. The first-order valence-corrected chi connectivity index (χ1v) is 9.25. The third-order valence-corrected chi connectivity index (χ3v) is 4.96. The van der Waals surface area contributed by atoms with Crippen molar-refractivity contribution in [1.82, 2.24) is 5.32 Å². The van der Waals surface area contributed by atoms with Crippen molar-refractivity contribution in [1.29, 1.82) is 0 Å². The number of carbonyl (C=O) groups excluding carboxylic acids is 1. The molecule has 0 spiro atoms. The first kappa shape index (κ1) is 18.5. The Kier molecular flexibility index (Phi) is 6.00. The molecule has 1 rings (SSSR count). The van der Waals surface area contributed by atoms with E-state index in [4.69, 9.17) is 0 Å². The van der Waals surface area contributed by atoms with E-state index in [1.807, 2.05) is 33.8 Å². The zero-order chi connectivity index (χ0) is 17.1. The van der Waals surface area contributed by atoms with Crippen LogP contribution in [0.3, 0.4) is 0 Å². The minimum Gasteiger partial charge on any atom is -0.352 e. The molecular weight excluding hydrogens is 300 g/mol. The average molecular weight is 326 g/mol. The first-order valence-electron chi connectivity index (χ1n) is 7.40. The summed E-state index contributed by atoms with van der Waals surface area (Å²) in [5.74, 6) is -0.0186. The van der Waals surface area contributed by atoms with Crippen molar-refractivity contribution in [2.24, 2.45) is 5.92 Å². The normalized spacial score (nSPS) is 14.5. The fraction of sp³-hybridized carbons (Fsp3) is 0.562. The van der Waals surface area contributed by atoms with Crippen molar-refractivity contribution >= 4 is 21.6 Å². The van der Waals surface area contributed by atoms with Gasteiger partial charge < -0.3 is 5.32 Å². The fourth-order valence-corrected chi connectivity index (χ4v) is 3.25. The summed E-state index contributed by atoms with van der Waals surface area (Å²) in [4.78, 5) is 12.4. The molecule has 0 saturated carbocycles. The van der Waals surface area contributed by atoms with Crippen LogP contribution >= 0.6 is 0 Å². The Morgan fingerprint density at radius 2 is 1.77 bits per heavy atom. The van der Waals surface area contributed by atoms with Gasteiger partial charge in [0.2, 0.25) is 15.9 Å². The maximum absolute atomic E-state index is 12.4. The summed E-state index contributed by atoms with van der Waals surface area (Å²) in [6, 6.07) is 6.30. The summed E-state index contributed by atoms with van der Waals surface area (Å²) in [6.07, 6.45) is 1.12. The van der Waals surface area contributed by atoms with Gasteiger partial charge in [-0.2, -0.15) is 0 Å². The van der Waals surface area contributed by atoms with Crippen molar-refractivity contribution in [3.05, 3.63) is 29.8 Å². The molecule has 0 unspecified atom stereocenters. The van der Waals surface area contributed by atoms with Gasteiger partial charge in [-0.05, 0) is 44.4 Å². The summed E-state index contributed by atoms with van der Waals surface area (Å²) in [5.41, 5.74) is 1.44. The molecule has 0 heterocycles. The highest BCUT2D eigenvalue weighted by atomic mass is 32.2. The van der Waals surface area contributed by atoms with E-state index < -0.39 is 16.1 Å². The Morgan fingerprint density at radius 3 is 2.23 bits per heavy atom. The molecule has 5 nitrogen and oxygen atoms in total. The van der Waals surface area contributed by atoms with Crippen LogP contribution in [0.1, 0.15) is 33.3 Å². The highest BCUT2D eigenvalue weighted by Gasteiger charge is 2.30. The molecule has 0 radical (unpaired) electrons. The van der Waals surface area contributed by atoms with Crippen LogP contribution in [0, 0.1) is 12.8 Å². The molecule has 6 heteroatoms. The summed E-state index contributed by atoms with van der Waals surface area (Å²) in [5, 5.41) is 2.87. The Balaban J connectivity index is 3.11. The molecule has 0 aliphatic carbocycles. The van der Waals surface area contributed by atoms with E-state index in [-0.39, 0.29) is 17.9 Å². The van der Waals surface area contributed by atoms with Gasteiger partial charge in [0.1, 0.15) is 6.04 Å². The molecule has 0 bridgehead atoms. The number of carbonyl (C=O) groups is 1. The molecule has 124 valence electrons. The summed E-state index contributed by atoms with van der Waals surface area (Å²) in [6.45, 7) is 9.41. The summed E-state index contributed by atoms with van der Waals surface area (Å²) in [7, 11) is -3.56. The quantitative estimate of drug-likeness (QED) is 0.872. The standard InChI is InChI=1S/C16H26N2O3S/c1-11(2)13(4)17-16(19)14(5)18(22(6,20)21)15-9-7-8-12(3)10-15/h7-11,13-14H,1-6H3,(H,17,19)/t13-,14+/m0/s1. The van der Waals surface area contributed by atoms with E-state index in [1.54, 1.807) is 25.1 Å². The molecule has 1 aromatic carbocycles. The smallest absolute Gasteiger partial charge is 0.243 e. The topological polar surface area (TPSA) is 66.5 Å². The van der Waals surface area contributed by atoms with Crippen LogP contribution in [0.15, 0.2) is 24.3 Å². The zero-order valence-electron chi connectivity index (χ0n) is 14.1. The average Bonchev–Trinajstić information content (AvgIpc) is 2.36. The SMILES string of the molecule is Cc1cccc(N([C@H](C)C(=O)N[C@@H](C)C(C)C)S(C)(=O)=O)c1. The van der Waals surface area contributed by atoms with E-state index in [9.17, 15) is 13.2 Å². The van der Waals surface area contributed by atoms with E-state index in [0.29, 0.717) is 5.69 Å². The second-order valence-electron chi connectivity index (χ2n) is 6.12. The van der Waals surface area contributed by atoms with Gasteiger partial charge in [0.15, 0.2) is 0 Å². The predicted octanol–water partition coefficient (Wildman–Crippen LogP) is 2.31. The number of rotatable bonds is 6. The Bertz CT molecular complexity index is 626. The molecule has 0 aliphatic rings. The molecule has 0 saturated heterocycles. The van der Waals surface area contributed by atoms with Crippen LogP contribution in [-0.2, 0) is 14.8 Å². The number of nitrogens with one attached hydrogen (secondary N) is 1. The molecule has 1 aromatic rings. The number of hydrogen-bond acceptors (Lipinski definition) is 3. The van der Waals surface area contributed by atoms with Gasteiger partial charge in [0.05, 0.1) is 11.9 Å². The molecular formula is C16H26N2O3S. The lowest BCUT2D eigenvalue weighted by Gasteiger charge is -2.30. The van der Waals surface area contributed by atoms with Gasteiger partial charge in [0, 0.05) is 6.04 Å². The highest BCUT2D eigenvalue weighted by Crippen LogP contribution is 2.22. The lowest BCUT2D eigenvalue weighted by Crippen LogP contribution is -2.50. The second-order valence-corrected chi connectivity index (χ2v) is 7.97. The highest BCUT2D eigenvalue weighted by molar-refractivity contribution is 7.92. The minimum atomic E-state index is -3.56. The molecule has 1 N–H and O–H groups in total. The van der Waals surface area contributed by atoms with Crippen LogP contribution in [0.25, 0.3) is 0 Å². The third kappa shape index (κ3) is 4.73. The van der Waals surface area contributed by atoms with E-state index >= 15 is 0 Å². The van der Waals surface area contributed by atoms with E-state index in [0.717, 1.165) is 11.8 Å². The largest absolute Gasteiger partial charge is 0.352 e. The van der Waals surface area contributed by atoms with E-state index in [2.05, 4.69) is 5.32 Å². The Morgan fingerprint density at radius 1 is 1.18 bits per heavy atom. The van der Waals surface area contributed by atoms with E-state index in [1.165, 1.54) is 4.31 Å². The predicted molar refractivity (Wildman–Crippen MR) is 90.4 cm³/mol. The first-order chi connectivity index (χ1) is 10.0. The van der Waals surface area contributed by atoms with Crippen molar-refractivity contribution in [2.45, 2.75) is 46.7 Å². The van der Waals surface area contributed by atoms with Crippen LogP contribution in [0.2, 0.25) is 0 Å². The number of aryl methyl sites for hydroxylation is 1. The van der Waals surface area contributed by atoms with Crippen LogP contribution in [0.5, 0.6) is 0 Å². The monoisotopic (exact) mass is 326 g/mol. The van der Waals surface area contributed by atoms with Gasteiger partial charge in [-0.1, -0.05) is 26.0 Å². The Labute approximate surface area is 133 Å². The second kappa shape index (κ2) is 7.13. The van der Waals surface area contributed by atoms with Crippen LogP contribution < -0.4 is 9.62 Å². The minimum absolute atomic E-state index is 0.0196. The number of amides is 1. The van der Waals surface area contributed by atoms with Crippen LogP contribution in [-0.4, -0.2) is 32.7 Å². The third-order valence-electron chi connectivity index (χ3n) is 3.71. The van der Waals surface area contributed by atoms with Gasteiger partial charge >= 0.3 is 0 Å². The number of benzene rings is 1. The van der Waals surface area contributed by atoms with Gasteiger partial charge in [-0.3, -0.25) is 9.10 Å². The van der Waals surface area contributed by atoms with Crippen molar-refractivity contribution in [3.63, 3.8) is 0 Å². The molecule has 0 aliphatic heterocycles. The number of anilines is 1.